The molecule has 3 rings (SSSR count). The summed E-state index contributed by atoms with van der Waals surface area (Å²) in [6, 6.07) is 0.0303. The molecule has 20 heavy (non-hydrogen) atoms. The van der Waals surface area contributed by atoms with Crippen LogP contribution >= 0.6 is 0 Å². The van der Waals surface area contributed by atoms with Crippen molar-refractivity contribution < 1.29 is 9.63 Å². The van der Waals surface area contributed by atoms with Gasteiger partial charge in [0.25, 0.3) is 0 Å². The summed E-state index contributed by atoms with van der Waals surface area (Å²) >= 11 is 0. The van der Waals surface area contributed by atoms with Gasteiger partial charge in [-0.1, -0.05) is 24.9 Å². The number of hydrogen-bond acceptors (Lipinski definition) is 5. The molecule has 1 aliphatic carbocycles. The summed E-state index contributed by atoms with van der Waals surface area (Å²) in [6.45, 7) is 2.88. The third-order valence-electron chi connectivity index (χ3n) is 4.77. The highest BCUT2D eigenvalue weighted by molar-refractivity contribution is 5.02. The van der Waals surface area contributed by atoms with Gasteiger partial charge in [-0.25, -0.2) is 0 Å². The van der Waals surface area contributed by atoms with Crippen molar-refractivity contribution in [3.63, 3.8) is 0 Å². The second-order valence-electron chi connectivity index (χ2n) is 6.35. The molecule has 112 valence electrons. The Kier molecular flexibility index (Phi) is 4.36. The van der Waals surface area contributed by atoms with Crippen LogP contribution in [0.2, 0.25) is 0 Å². The Balaban J connectivity index is 1.57. The first kappa shape index (κ1) is 14.0. The molecule has 2 aliphatic rings. The fraction of sp³-hybridized carbons (Fsp3) is 0.867. The molecule has 5 heteroatoms. The maximum absolute atomic E-state index is 9.54. The minimum absolute atomic E-state index is 0.0303. The van der Waals surface area contributed by atoms with Gasteiger partial charge >= 0.3 is 0 Å². The number of β-amino-alcohol motifs (C(OH)–C–C–N with tert-alkyl or cyclic N) is 1. The van der Waals surface area contributed by atoms with E-state index in [9.17, 15) is 5.11 Å². The van der Waals surface area contributed by atoms with E-state index in [1.165, 1.54) is 38.5 Å². The molecule has 0 amide bonds. The molecule has 0 unspecified atom stereocenters. The van der Waals surface area contributed by atoms with Crippen molar-refractivity contribution in [2.75, 3.05) is 6.54 Å². The smallest absolute Gasteiger partial charge is 0.243 e. The molecule has 1 saturated heterocycles. The first-order chi connectivity index (χ1) is 9.76. The summed E-state index contributed by atoms with van der Waals surface area (Å²) in [5.74, 6) is 2.88. The van der Waals surface area contributed by atoms with Crippen molar-refractivity contribution in [1.29, 1.82) is 0 Å². The van der Waals surface area contributed by atoms with Gasteiger partial charge in [0, 0.05) is 12.5 Å². The maximum atomic E-state index is 9.54. The first-order valence-electron chi connectivity index (χ1n) is 8.01. The number of rotatable bonds is 4. The highest BCUT2D eigenvalue weighted by atomic mass is 16.5. The molecule has 2 atom stereocenters. The van der Waals surface area contributed by atoms with Crippen LogP contribution in [0.5, 0.6) is 0 Å². The van der Waals surface area contributed by atoms with Crippen LogP contribution in [0.3, 0.4) is 0 Å². The van der Waals surface area contributed by atoms with Gasteiger partial charge in [0.15, 0.2) is 5.82 Å². The molecule has 0 bridgehead atoms. The highest BCUT2D eigenvalue weighted by Crippen LogP contribution is 2.36. The molecule has 1 aromatic heterocycles. The van der Waals surface area contributed by atoms with Crippen LogP contribution in [0.15, 0.2) is 4.52 Å². The summed E-state index contributed by atoms with van der Waals surface area (Å²) in [6.07, 6.45) is 7.98. The monoisotopic (exact) mass is 279 g/mol. The fourth-order valence-electron chi connectivity index (χ4n) is 3.58. The van der Waals surface area contributed by atoms with E-state index in [2.05, 4.69) is 22.4 Å². The standard InChI is InChI=1S/C15H25N3O2/c1-2-3-10-4-6-11(7-5-10)14-17-15(20-18-14)13-8-12(19)9-16-13/h10-13,16,19H,2-9H2,1H3/t10?,11?,12-,13+/m0/s1. The highest BCUT2D eigenvalue weighted by Gasteiger charge is 2.30. The van der Waals surface area contributed by atoms with Crippen LogP contribution in [-0.4, -0.2) is 27.9 Å². The van der Waals surface area contributed by atoms with E-state index < -0.39 is 0 Å². The zero-order valence-corrected chi connectivity index (χ0v) is 12.2. The second kappa shape index (κ2) is 6.22. The quantitative estimate of drug-likeness (QED) is 0.886. The van der Waals surface area contributed by atoms with Crippen LogP contribution in [0.1, 0.15) is 75.5 Å². The van der Waals surface area contributed by atoms with Crippen LogP contribution in [0.25, 0.3) is 0 Å². The molecule has 2 heterocycles. The molecule has 2 N–H and O–H groups in total. The lowest BCUT2D eigenvalue weighted by Crippen LogP contribution is -2.16. The van der Waals surface area contributed by atoms with Crippen molar-refractivity contribution in [2.24, 2.45) is 5.92 Å². The van der Waals surface area contributed by atoms with E-state index in [1.54, 1.807) is 0 Å². The van der Waals surface area contributed by atoms with Gasteiger partial charge in [-0.05, 0) is 38.0 Å². The predicted molar refractivity (Wildman–Crippen MR) is 75.3 cm³/mol. The van der Waals surface area contributed by atoms with E-state index in [4.69, 9.17) is 4.52 Å². The van der Waals surface area contributed by atoms with E-state index in [1.807, 2.05) is 0 Å². The summed E-state index contributed by atoms with van der Waals surface area (Å²) < 4.78 is 5.39. The van der Waals surface area contributed by atoms with Crippen molar-refractivity contribution in [2.45, 2.75) is 69.9 Å². The van der Waals surface area contributed by atoms with Crippen LogP contribution in [0.4, 0.5) is 0 Å². The van der Waals surface area contributed by atoms with Crippen LogP contribution in [-0.2, 0) is 0 Å². The lowest BCUT2D eigenvalue weighted by Gasteiger charge is -2.26. The minimum Gasteiger partial charge on any atom is -0.392 e. The predicted octanol–water partition coefficient (Wildman–Crippen LogP) is 2.54. The minimum atomic E-state index is -0.292. The Hall–Kier alpha value is -0.940. The van der Waals surface area contributed by atoms with Crippen molar-refractivity contribution in [3.05, 3.63) is 11.7 Å². The topological polar surface area (TPSA) is 71.2 Å². The summed E-state index contributed by atoms with van der Waals surface area (Å²) in [7, 11) is 0. The van der Waals surface area contributed by atoms with E-state index in [-0.39, 0.29) is 12.1 Å². The van der Waals surface area contributed by atoms with E-state index >= 15 is 0 Å². The normalized spacial score (nSPS) is 34.5. The average molecular weight is 279 g/mol. The lowest BCUT2D eigenvalue weighted by molar-refractivity contribution is 0.191. The number of aliphatic hydroxyl groups is 1. The molecule has 1 saturated carbocycles. The molecule has 1 aromatic rings. The van der Waals surface area contributed by atoms with Gasteiger partial charge in [0.1, 0.15) is 0 Å². The van der Waals surface area contributed by atoms with Gasteiger partial charge in [-0.2, -0.15) is 4.98 Å². The number of aromatic nitrogens is 2. The Bertz CT molecular complexity index is 427. The Morgan fingerprint density at radius 3 is 2.75 bits per heavy atom. The van der Waals surface area contributed by atoms with Gasteiger partial charge < -0.3 is 14.9 Å². The largest absolute Gasteiger partial charge is 0.392 e. The number of hydrogen-bond donors (Lipinski definition) is 2. The molecule has 0 spiro atoms. The van der Waals surface area contributed by atoms with Crippen molar-refractivity contribution in [3.8, 4) is 0 Å². The molecule has 0 radical (unpaired) electrons. The molecular weight excluding hydrogens is 254 g/mol. The second-order valence-corrected chi connectivity index (χ2v) is 6.35. The van der Waals surface area contributed by atoms with Crippen LogP contribution in [0, 0.1) is 5.92 Å². The summed E-state index contributed by atoms with van der Waals surface area (Å²) in [5, 5.41) is 16.9. The van der Waals surface area contributed by atoms with Gasteiger partial charge in [-0.15, -0.1) is 0 Å². The van der Waals surface area contributed by atoms with E-state index in [0.29, 0.717) is 24.8 Å². The molecular formula is C15H25N3O2. The maximum Gasteiger partial charge on any atom is 0.243 e. The third-order valence-corrected chi connectivity index (χ3v) is 4.77. The summed E-state index contributed by atoms with van der Waals surface area (Å²) in [4.78, 5) is 4.57. The molecule has 5 nitrogen and oxygen atoms in total. The zero-order valence-electron chi connectivity index (χ0n) is 12.2. The first-order valence-corrected chi connectivity index (χ1v) is 8.01. The fourth-order valence-corrected chi connectivity index (χ4v) is 3.58. The molecule has 1 aliphatic heterocycles. The molecule has 2 fully saturated rings. The third kappa shape index (κ3) is 3.04. The van der Waals surface area contributed by atoms with Crippen LogP contribution < -0.4 is 5.32 Å². The Morgan fingerprint density at radius 2 is 2.10 bits per heavy atom. The lowest BCUT2D eigenvalue weighted by atomic mass is 9.80. The van der Waals surface area contributed by atoms with Gasteiger partial charge in [0.05, 0.1) is 12.1 Å². The van der Waals surface area contributed by atoms with Crippen molar-refractivity contribution >= 4 is 0 Å². The van der Waals surface area contributed by atoms with Gasteiger partial charge in [-0.3, -0.25) is 0 Å². The SMILES string of the molecule is CCCC1CCC(c2noc([C@H]3C[C@H](O)CN3)n2)CC1. The van der Waals surface area contributed by atoms with Gasteiger partial charge in [0.2, 0.25) is 5.89 Å². The number of aliphatic hydroxyl groups excluding tert-OH is 1. The summed E-state index contributed by atoms with van der Waals surface area (Å²) in [5.41, 5.74) is 0. The van der Waals surface area contributed by atoms with Crippen molar-refractivity contribution in [1.82, 2.24) is 15.5 Å². The molecule has 0 aromatic carbocycles. The number of nitrogens with one attached hydrogen (secondary N) is 1. The zero-order chi connectivity index (χ0) is 13.9. The Labute approximate surface area is 120 Å². The number of nitrogens with zero attached hydrogens (tertiary/aromatic N) is 2. The van der Waals surface area contributed by atoms with E-state index in [0.717, 1.165) is 11.7 Å². The average Bonchev–Trinajstić information content (AvgIpc) is 3.09. The Morgan fingerprint density at radius 1 is 1.30 bits per heavy atom.